The van der Waals surface area contributed by atoms with Crippen molar-refractivity contribution in [3.8, 4) is 0 Å². The zero-order valence-corrected chi connectivity index (χ0v) is 13.4. The smallest absolute Gasteiger partial charge is 0.263 e. The molecule has 0 saturated carbocycles. The van der Waals surface area contributed by atoms with Gasteiger partial charge in [-0.05, 0) is 47.0 Å². The van der Waals surface area contributed by atoms with Gasteiger partial charge in [0.2, 0.25) is 0 Å². The Balaban J connectivity index is 2.56. The van der Waals surface area contributed by atoms with Crippen LogP contribution in [0.2, 0.25) is 10.0 Å². The molecule has 0 radical (unpaired) electrons. The van der Waals surface area contributed by atoms with Crippen LogP contribution < -0.4 is 0 Å². The van der Waals surface area contributed by atoms with E-state index in [4.69, 9.17) is 34.8 Å². The Hall–Kier alpha value is -1.29. The SMILES string of the molecule is CC(Cl)(C(c1ccc(Cl)cc1)c1ccc(Cl)cc1)[N+](=O)[O-]. The molecule has 2 aromatic rings. The van der Waals surface area contributed by atoms with Gasteiger partial charge in [-0.15, -0.1) is 0 Å². The van der Waals surface area contributed by atoms with E-state index in [1.54, 1.807) is 48.5 Å². The number of halogens is 3. The fraction of sp³-hybridized carbons (Fsp3) is 0.200. The minimum absolute atomic E-state index is 0.484. The number of hydrogen-bond donors (Lipinski definition) is 0. The molecule has 0 aliphatic rings. The predicted octanol–water partition coefficient (Wildman–Crippen LogP) is 5.36. The molecule has 0 aliphatic carbocycles. The molecule has 0 bridgehead atoms. The van der Waals surface area contributed by atoms with Crippen LogP contribution in [0.25, 0.3) is 0 Å². The average Bonchev–Trinajstić information content (AvgIpc) is 2.43. The monoisotopic (exact) mass is 343 g/mol. The fourth-order valence-corrected chi connectivity index (χ4v) is 2.72. The lowest BCUT2D eigenvalue weighted by Gasteiger charge is -2.25. The van der Waals surface area contributed by atoms with E-state index >= 15 is 0 Å². The van der Waals surface area contributed by atoms with Gasteiger partial charge >= 0.3 is 5.00 Å². The number of alkyl halides is 1. The molecule has 0 aromatic heterocycles. The summed E-state index contributed by atoms with van der Waals surface area (Å²) in [5.41, 5.74) is 1.44. The molecule has 110 valence electrons. The van der Waals surface area contributed by atoms with Gasteiger partial charge in [-0.3, -0.25) is 10.1 Å². The van der Waals surface area contributed by atoms with E-state index in [0.717, 1.165) is 11.1 Å². The van der Waals surface area contributed by atoms with Crippen molar-refractivity contribution in [1.82, 2.24) is 0 Å². The summed E-state index contributed by atoms with van der Waals surface area (Å²) in [6, 6.07) is 13.7. The first-order valence-corrected chi connectivity index (χ1v) is 7.30. The third-order valence-electron chi connectivity index (χ3n) is 3.29. The van der Waals surface area contributed by atoms with Crippen molar-refractivity contribution in [2.24, 2.45) is 0 Å². The van der Waals surface area contributed by atoms with Gasteiger partial charge in [-0.25, -0.2) is 0 Å². The zero-order valence-electron chi connectivity index (χ0n) is 11.1. The molecule has 0 amide bonds. The van der Waals surface area contributed by atoms with Crippen molar-refractivity contribution < 1.29 is 4.92 Å². The lowest BCUT2D eigenvalue weighted by atomic mass is 9.85. The second kappa shape index (κ2) is 6.22. The summed E-state index contributed by atoms with van der Waals surface area (Å²) in [7, 11) is 0. The molecule has 0 heterocycles. The van der Waals surface area contributed by atoms with Gasteiger partial charge in [0.15, 0.2) is 0 Å². The Kier molecular flexibility index (Phi) is 4.77. The predicted molar refractivity (Wildman–Crippen MR) is 86.0 cm³/mol. The minimum Gasteiger partial charge on any atom is -0.263 e. The van der Waals surface area contributed by atoms with Crippen molar-refractivity contribution in [1.29, 1.82) is 0 Å². The summed E-state index contributed by atoms with van der Waals surface area (Å²) in [6.45, 7) is 1.39. The molecule has 0 spiro atoms. The number of benzene rings is 2. The molecule has 3 nitrogen and oxygen atoms in total. The Morgan fingerprint density at radius 1 is 0.952 bits per heavy atom. The van der Waals surface area contributed by atoms with E-state index in [0.29, 0.717) is 10.0 Å². The van der Waals surface area contributed by atoms with Crippen LogP contribution >= 0.6 is 34.8 Å². The third kappa shape index (κ3) is 3.49. The normalized spacial score (nSPS) is 14.0. The highest BCUT2D eigenvalue weighted by molar-refractivity contribution is 6.30. The van der Waals surface area contributed by atoms with Gasteiger partial charge in [0, 0.05) is 21.9 Å². The van der Waals surface area contributed by atoms with Gasteiger partial charge in [0.1, 0.15) is 0 Å². The summed E-state index contributed by atoms with van der Waals surface area (Å²) in [5, 5.41) is 12.5. The van der Waals surface area contributed by atoms with Gasteiger partial charge in [0.25, 0.3) is 0 Å². The Labute approximate surface area is 137 Å². The van der Waals surface area contributed by atoms with Crippen molar-refractivity contribution >= 4 is 34.8 Å². The van der Waals surface area contributed by atoms with E-state index in [1.165, 1.54) is 6.92 Å². The van der Waals surface area contributed by atoms with Gasteiger partial charge in [0.05, 0.1) is 5.92 Å². The van der Waals surface area contributed by atoms with E-state index in [9.17, 15) is 10.1 Å². The van der Waals surface area contributed by atoms with Gasteiger partial charge in [-0.1, -0.05) is 47.5 Å². The largest absolute Gasteiger partial charge is 0.302 e. The van der Waals surface area contributed by atoms with Crippen molar-refractivity contribution in [3.63, 3.8) is 0 Å². The van der Waals surface area contributed by atoms with Crippen molar-refractivity contribution in [2.75, 3.05) is 0 Å². The summed E-state index contributed by atoms with van der Waals surface area (Å²) >= 11 is 18.0. The summed E-state index contributed by atoms with van der Waals surface area (Å²) in [4.78, 5) is 9.20. The van der Waals surface area contributed by atoms with Crippen LogP contribution in [0.15, 0.2) is 48.5 Å². The van der Waals surface area contributed by atoms with Gasteiger partial charge < -0.3 is 0 Å². The molecule has 2 rings (SSSR count). The third-order valence-corrected chi connectivity index (χ3v) is 4.15. The molecule has 2 aromatic carbocycles. The number of nitrogens with zero attached hydrogens (tertiary/aromatic N) is 1. The second-order valence-corrected chi connectivity index (χ2v) is 6.46. The van der Waals surface area contributed by atoms with Crippen LogP contribution in [0.3, 0.4) is 0 Å². The van der Waals surface area contributed by atoms with E-state index in [-0.39, 0.29) is 0 Å². The minimum atomic E-state index is -1.68. The van der Waals surface area contributed by atoms with Crippen molar-refractivity contribution in [2.45, 2.75) is 17.8 Å². The maximum absolute atomic E-state index is 11.4. The highest BCUT2D eigenvalue weighted by Gasteiger charge is 2.45. The lowest BCUT2D eigenvalue weighted by molar-refractivity contribution is -0.540. The first-order valence-electron chi connectivity index (χ1n) is 6.16. The quantitative estimate of drug-likeness (QED) is 0.324. The standard InChI is InChI=1S/C15H12Cl3NO2/c1-15(18,19(20)21)14(10-2-6-12(16)7-3-10)11-4-8-13(17)9-5-11/h2-9,14H,1H3. The maximum Gasteiger partial charge on any atom is 0.302 e. The van der Waals surface area contributed by atoms with Gasteiger partial charge in [-0.2, -0.15) is 0 Å². The van der Waals surface area contributed by atoms with Crippen LogP contribution in [0.4, 0.5) is 0 Å². The van der Waals surface area contributed by atoms with E-state index in [2.05, 4.69) is 0 Å². The van der Waals surface area contributed by atoms with Crippen LogP contribution in [0, 0.1) is 10.1 Å². The molecule has 1 unspecified atom stereocenters. The first-order chi connectivity index (χ1) is 9.82. The van der Waals surface area contributed by atoms with E-state index in [1.807, 2.05) is 0 Å². The highest BCUT2D eigenvalue weighted by Crippen LogP contribution is 2.40. The molecule has 6 heteroatoms. The summed E-state index contributed by atoms with van der Waals surface area (Å²) in [6.07, 6.45) is 0. The average molecular weight is 345 g/mol. The molecule has 0 saturated heterocycles. The molecular formula is C15H12Cl3NO2. The van der Waals surface area contributed by atoms with Crippen LogP contribution in [-0.4, -0.2) is 9.92 Å². The van der Waals surface area contributed by atoms with Crippen molar-refractivity contribution in [3.05, 3.63) is 79.8 Å². The molecule has 21 heavy (non-hydrogen) atoms. The topological polar surface area (TPSA) is 43.1 Å². The van der Waals surface area contributed by atoms with E-state index < -0.39 is 15.8 Å². The Morgan fingerprint density at radius 3 is 1.57 bits per heavy atom. The number of nitro groups is 1. The number of hydrogen-bond acceptors (Lipinski definition) is 2. The lowest BCUT2D eigenvalue weighted by Crippen LogP contribution is -2.36. The molecular weight excluding hydrogens is 333 g/mol. The maximum atomic E-state index is 11.4. The molecule has 0 aliphatic heterocycles. The summed E-state index contributed by atoms with van der Waals surface area (Å²) in [5.74, 6) is -0.622. The van der Waals surface area contributed by atoms with Crippen LogP contribution in [0.5, 0.6) is 0 Å². The molecule has 1 atom stereocenters. The number of rotatable bonds is 4. The fourth-order valence-electron chi connectivity index (χ4n) is 2.22. The van der Waals surface area contributed by atoms with Crippen LogP contribution in [0.1, 0.15) is 24.0 Å². The summed E-state index contributed by atoms with van der Waals surface area (Å²) < 4.78 is 0. The first kappa shape index (κ1) is 16.1. The zero-order chi connectivity index (χ0) is 15.6. The van der Waals surface area contributed by atoms with Crippen LogP contribution in [-0.2, 0) is 0 Å². The molecule has 0 N–H and O–H groups in total. The Morgan fingerprint density at radius 2 is 1.29 bits per heavy atom. The molecule has 0 fully saturated rings. The Bertz CT molecular complexity index is 593. The second-order valence-electron chi connectivity index (χ2n) is 4.82. The highest BCUT2D eigenvalue weighted by atomic mass is 35.5.